The molecule has 0 aliphatic rings. The van der Waals surface area contributed by atoms with E-state index in [0.29, 0.717) is 17.8 Å². The average molecular weight is 289 g/mol. The van der Waals surface area contributed by atoms with Gasteiger partial charge in [-0.3, -0.25) is 19.6 Å². The first-order valence-electron chi connectivity index (χ1n) is 6.23. The van der Waals surface area contributed by atoms with Crippen molar-refractivity contribution in [3.8, 4) is 0 Å². The zero-order chi connectivity index (χ0) is 15.4. The van der Waals surface area contributed by atoms with E-state index in [4.69, 9.17) is 0 Å². The number of nitro groups is 1. The van der Waals surface area contributed by atoms with Gasteiger partial charge in [-0.05, 0) is 12.1 Å². The summed E-state index contributed by atoms with van der Waals surface area (Å²) in [6.45, 7) is 0.381. The van der Waals surface area contributed by atoms with Crippen molar-refractivity contribution in [2.75, 3.05) is 12.4 Å². The number of hydrogen-bond acceptors (Lipinski definition) is 5. The van der Waals surface area contributed by atoms with E-state index in [-0.39, 0.29) is 11.6 Å². The second-order valence-corrected chi connectivity index (χ2v) is 4.44. The molecule has 1 aromatic heterocycles. The maximum Gasteiger partial charge on any atom is 0.292 e. The molecule has 1 heterocycles. The summed E-state index contributed by atoms with van der Waals surface area (Å²) in [5, 5.41) is 20.5. The highest BCUT2D eigenvalue weighted by Gasteiger charge is 2.16. The van der Waals surface area contributed by atoms with Gasteiger partial charge in [0.2, 0.25) is 0 Å². The van der Waals surface area contributed by atoms with Gasteiger partial charge in [-0.15, -0.1) is 0 Å². The molecule has 0 saturated carbocycles. The van der Waals surface area contributed by atoms with Gasteiger partial charge in [-0.25, -0.2) is 0 Å². The van der Waals surface area contributed by atoms with Gasteiger partial charge in [0.15, 0.2) is 0 Å². The normalized spacial score (nSPS) is 10.2. The molecule has 0 aliphatic carbocycles. The second-order valence-electron chi connectivity index (χ2n) is 4.44. The van der Waals surface area contributed by atoms with Crippen LogP contribution in [0.3, 0.4) is 0 Å². The van der Waals surface area contributed by atoms with E-state index in [1.165, 1.54) is 25.2 Å². The van der Waals surface area contributed by atoms with Crippen LogP contribution in [0, 0.1) is 10.1 Å². The predicted octanol–water partition coefficient (Wildman–Crippen LogP) is 1.30. The van der Waals surface area contributed by atoms with Crippen molar-refractivity contribution in [1.82, 2.24) is 15.1 Å². The monoisotopic (exact) mass is 289 g/mol. The molecule has 21 heavy (non-hydrogen) atoms. The van der Waals surface area contributed by atoms with Crippen LogP contribution in [-0.4, -0.2) is 27.7 Å². The SMILES string of the molecule is CNC(=O)c1ccc([N+](=O)[O-])c(NCc2cnn(C)c2)c1. The molecule has 0 aliphatic heterocycles. The molecule has 2 N–H and O–H groups in total. The molecular formula is C13H15N5O3. The zero-order valence-electron chi connectivity index (χ0n) is 11.7. The summed E-state index contributed by atoms with van der Waals surface area (Å²) in [6.07, 6.45) is 3.48. The summed E-state index contributed by atoms with van der Waals surface area (Å²) in [7, 11) is 3.30. The average Bonchev–Trinajstić information content (AvgIpc) is 2.89. The lowest BCUT2D eigenvalue weighted by molar-refractivity contribution is -0.384. The Hall–Kier alpha value is -2.90. The number of carbonyl (C=O) groups is 1. The fraction of sp³-hybridized carbons (Fsp3) is 0.231. The molecule has 0 spiro atoms. The van der Waals surface area contributed by atoms with Crippen molar-refractivity contribution in [2.45, 2.75) is 6.54 Å². The summed E-state index contributed by atoms with van der Waals surface area (Å²) >= 11 is 0. The molecular weight excluding hydrogens is 274 g/mol. The Balaban J connectivity index is 2.25. The highest BCUT2D eigenvalue weighted by molar-refractivity contribution is 5.95. The van der Waals surface area contributed by atoms with Crippen LogP contribution < -0.4 is 10.6 Å². The molecule has 0 saturated heterocycles. The van der Waals surface area contributed by atoms with Gasteiger partial charge >= 0.3 is 0 Å². The molecule has 110 valence electrons. The summed E-state index contributed by atoms with van der Waals surface area (Å²) < 4.78 is 1.65. The summed E-state index contributed by atoms with van der Waals surface area (Å²) in [5.41, 5.74) is 1.46. The van der Waals surface area contributed by atoms with E-state index in [1.54, 1.807) is 24.1 Å². The minimum absolute atomic E-state index is 0.0773. The Morgan fingerprint density at radius 3 is 2.81 bits per heavy atom. The van der Waals surface area contributed by atoms with Crippen molar-refractivity contribution in [3.63, 3.8) is 0 Å². The number of benzene rings is 1. The molecule has 1 aromatic carbocycles. The molecule has 0 bridgehead atoms. The number of carbonyl (C=O) groups excluding carboxylic acids is 1. The standard InChI is InChI=1S/C13H15N5O3/c1-14-13(19)10-3-4-12(18(20)21)11(5-10)15-6-9-7-16-17(2)8-9/h3-5,7-8,15H,6H2,1-2H3,(H,14,19). The number of hydrogen-bond donors (Lipinski definition) is 2. The van der Waals surface area contributed by atoms with Crippen molar-refractivity contribution < 1.29 is 9.72 Å². The Labute approximate surface area is 120 Å². The largest absolute Gasteiger partial charge is 0.375 e. The smallest absolute Gasteiger partial charge is 0.292 e. The number of aromatic nitrogens is 2. The van der Waals surface area contributed by atoms with E-state index < -0.39 is 4.92 Å². The quantitative estimate of drug-likeness (QED) is 0.638. The first-order valence-corrected chi connectivity index (χ1v) is 6.23. The number of amides is 1. The van der Waals surface area contributed by atoms with Crippen LogP contribution in [-0.2, 0) is 13.6 Å². The number of nitrogens with one attached hydrogen (secondary N) is 2. The van der Waals surface area contributed by atoms with Gasteiger partial charge in [0, 0.05) is 44.0 Å². The Morgan fingerprint density at radius 2 is 2.24 bits per heavy atom. The molecule has 0 unspecified atom stereocenters. The fourth-order valence-corrected chi connectivity index (χ4v) is 1.88. The van der Waals surface area contributed by atoms with Crippen LogP contribution >= 0.6 is 0 Å². The van der Waals surface area contributed by atoms with Gasteiger partial charge < -0.3 is 10.6 Å². The summed E-state index contributed by atoms with van der Waals surface area (Å²) in [4.78, 5) is 22.2. The third-order valence-electron chi connectivity index (χ3n) is 2.92. The minimum atomic E-state index is -0.487. The van der Waals surface area contributed by atoms with E-state index in [2.05, 4.69) is 15.7 Å². The van der Waals surface area contributed by atoms with E-state index >= 15 is 0 Å². The number of rotatable bonds is 5. The second kappa shape index (κ2) is 6.04. The number of anilines is 1. The van der Waals surface area contributed by atoms with Crippen LogP contribution in [0.2, 0.25) is 0 Å². The van der Waals surface area contributed by atoms with Crippen LogP contribution in [0.15, 0.2) is 30.6 Å². The van der Waals surface area contributed by atoms with Crippen molar-refractivity contribution in [1.29, 1.82) is 0 Å². The summed E-state index contributed by atoms with van der Waals surface area (Å²) in [6, 6.07) is 4.20. The third-order valence-corrected chi connectivity index (χ3v) is 2.92. The zero-order valence-corrected chi connectivity index (χ0v) is 11.7. The maximum absolute atomic E-state index is 11.6. The molecule has 0 atom stereocenters. The molecule has 2 rings (SSSR count). The van der Waals surface area contributed by atoms with Crippen LogP contribution in [0.5, 0.6) is 0 Å². The number of aryl methyl sites for hydroxylation is 1. The summed E-state index contributed by atoms with van der Waals surface area (Å²) in [5.74, 6) is -0.297. The molecule has 0 radical (unpaired) electrons. The van der Waals surface area contributed by atoms with Gasteiger partial charge in [0.1, 0.15) is 5.69 Å². The predicted molar refractivity (Wildman–Crippen MR) is 77.0 cm³/mol. The van der Waals surface area contributed by atoms with Gasteiger partial charge in [-0.2, -0.15) is 5.10 Å². The number of nitro benzene ring substituents is 1. The van der Waals surface area contributed by atoms with Gasteiger partial charge in [0.25, 0.3) is 11.6 Å². The topological polar surface area (TPSA) is 102 Å². The molecule has 8 heteroatoms. The highest BCUT2D eigenvalue weighted by atomic mass is 16.6. The lowest BCUT2D eigenvalue weighted by atomic mass is 10.1. The fourth-order valence-electron chi connectivity index (χ4n) is 1.88. The first-order chi connectivity index (χ1) is 10.0. The van der Waals surface area contributed by atoms with Crippen molar-refractivity contribution in [3.05, 3.63) is 51.8 Å². The lowest BCUT2D eigenvalue weighted by Crippen LogP contribution is -2.18. The molecule has 0 fully saturated rings. The van der Waals surface area contributed by atoms with E-state index in [0.717, 1.165) is 5.56 Å². The van der Waals surface area contributed by atoms with Crippen LogP contribution in [0.1, 0.15) is 15.9 Å². The van der Waals surface area contributed by atoms with Crippen LogP contribution in [0.25, 0.3) is 0 Å². The molecule has 2 aromatic rings. The number of nitrogens with zero attached hydrogens (tertiary/aromatic N) is 3. The van der Waals surface area contributed by atoms with E-state index in [1.807, 2.05) is 0 Å². The lowest BCUT2D eigenvalue weighted by Gasteiger charge is -2.08. The Kier molecular flexibility index (Phi) is 4.17. The first kappa shape index (κ1) is 14.5. The van der Waals surface area contributed by atoms with Gasteiger partial charge in [-0.1, -0.05) is 0 Å². The highest BCUT2D eigenvalue weighted by Crippen LogP contribution is 2.26. The van der Waals surface area contributed by atoms with Gasteiger partial charge in [0.05, 0.1) is 11.1 Å². The molecule has 1 amide bonds. The Bertz CT molecular complexity index is 680. The third kappa shape index (κ3) is 3.35. The maximum atomic E-state index is 11.6. The van der Waals surface area contributed by atoms with Crippen LogP contribution in [0.4, 0.5) is 11.4 Å². The van der Waals surface area contributed by atoms with Crippen molar-refractivity contribution >= 4 is 17.3 Å². The molecule has 8 nitrogen and oxygen atoms in total. The van der Waals surface area contributed by atoms with E-state index in [9.17, 15) is 14.9 Å². The Morgan fingerprint density at radius 1 is 1.48 bits per heavy atom. The van der Waals surface area contributed by atoms with Crippen molar-refractivity contribution in [2.24, 2.45) is 7.05 Å². The minimum Gasteiger partial charge on any atom is -0.375 e.